The topological polar surface area (TPSA) is 46.5 Å². The van der Waals surface area contributed by atoms with Crippen molar-refractivity contribution in [1.82, 2.24) is 0 Å². The van der Waals surface area contributed by atoms with Crippen LogP contribution in [-0.4, -0.2) is 18.2 Å². The molecule has 0 amide bonds. The van der Waals surface area contributed by atoms with Crippen molar-refractivity contribution in [2.75, 3.05) is 7.11 Å². The standard InChI is InChI=1S/C15H20F2O3/c1-9-6-10(8-14(2,3)13(18)19)12(20-5)11(7-9)15(4,16)17/h6-7H,8H2,1-5H3,(H,18,19). The zero-order valence-electron chi connectivity index (χ0n) is 12.4. The first-order chi connectivity index (χ1) is 8.99. The Morgan fingerprint density at radius 2 is 1.85 bits per heavy atom. The van der Waals surface area contributed by atoms with Gasteiger partial charge in [-0.2, -0.15) is 0 Å². The molecular formula is C15H20F2O3. The lowest BCUT2D eigenvalue weighted by Gasteiger charge is -2.24. The third kappa shape index (κ3) is 3.46. The van der Waals surface area contributed by atoms with E-state index in [1.165, 1.54) is 13.2 Å². The van der Waals surface area contributed by atoms with Gasteiger partial charge in [-0.3, -0.25) is 4.79 Å². The summed E-state index contributed by atoms with van der Waals surface area (Å²) in [7, 11) is 1.32. The summed E-state index contributed by atoms with van der Waals surface area (Å²) in [4.78, 5) is 11.2. The van der Waals surface area contributed by atoms with Gasteiger partial charge in [-0.1, -0.05) is 11.6 Å². The van der Waals surface area contributed by atoms with E-state index in [0.29, 0.717) is 11.1 Å². The van der Waals surface area contributed by atoms with Gasteiger partial charge in [0.05, 0.1) is 18.1 Å². The van der Waals surface area contributed by atoms with Gasteiger partial charge in [0, 0.05) is 6.92 Å². The zero-order chi connectivity index (χ0) is 15.7. The lowest BCUT2D eigenvalue weighted by molar-refractivity contribution is -0.146. The maximum atomic E-state index is 13.7. The van der Waals surface area contributed by atoms with Gasteiger partial charge in [-0.05, 0) is 38.8 Å². The number of ether oxygens (including phenoxy) is 1. The molecule has 0 atom stereocenters. The number of methoxy groups -OCH3 is 1. The first-order valence-corrected chi connectivity index (χ1v) is 6.28. The molecule has 0 unspecified atom stereocenters. The molecule has 20 heavy (non-hydrogen) atoms. The summed E-state index contributed by atoms with van der Waals surface area (Å²) in [6, 6.07) is 3.06. The number of hydrogen-bond acceptors (Lipinski definition) is 2. The highest BCUT2D eigenvalue weighted by Gasteiger charge is 2.33. The molecule has 0 saturated carbocycles. The molecule has 0 spiro atoms. The Balaban J connectivity index is 3.40. The maximum absolute atomic E-state index is 13.7. The number of benzene rings is 1. The quantitative estimate of drug-likeness (QED) is 0.896. The van der Waals surface area contributed by atoms with Crippen molar-refractivity contribution in [3.63, 3.8) is 0 Å². The first-order valence-electron chi connectivity index (χ1n) is 6.28. The molecule has 1 aromatic carbocycles. The number of carbonyl (C=O) groups is 1. The molecule has 3 nitrogen and oxygen atoms in total. The number of alkyl halides is 2. The molecule has 0 aliphatic rings. The molecule has 0 aliphatic heterocycles. The Bertz CT molecular complexity index is 517. The van der Waals surface area contributed by atoms with E-state index in [4.69, 9.17) is 4.74 Å². The Hall–Kier alpha value is -1.65. The van der Waals surface area contributed by atoms with Crippen LogP contribution in [0, 0.1) is 12.3 Å². The van der Waals surface area contributed by atoms with Gasteiger partial charge in [-0.15, -0.1) is 0 Å². The number of hydrogen-bond donors (Lipinski definition) is 1. The summed E-state index contributed by atoms with van der Waals surface area (Å²) in [5.41, 5.74) is -0.132. The molecule has 0 aromatic heterocycles. The fourth-order valence-electron chi connectivity index (χ4n) is 2.10. The molecular weight excluding hydrogens is 266 g/mol. The van der Waals surface area contributed by atoms with Gasteiger partial charge in [0.25, 0.3) is 5.92 Å². The lowest BCUT2D eigenvalue weighted by atomic mass is 9.84. The van der Waals surface area contributed by atoms with Crippen LogP contribution in [0.5, 0.6) is 5.75 Å². The van der Waals surface area contributed by atoms with Crippen LogP contribution < -0.4 is 4.74 Å². The normalized spacial score (nSPS) is 12.3. The average Bonchev–Trinajstić information content (AvgIpc) is 2.26. The monoisotopic (exact) mass is 286 g/mol. The molecule has 0 aliphatic carbocycles. The average molecular weight is 286 g/mol. The highest BCUT2D eigenvalue weighted by Crippen LogP contribution is 2.39. The van der Waals surface area contributed by atoms with Crippen molar-refractivity contribution in [3.8, 4) is 5.75 Å². The Morgan fingerprint density at radius 3 is 2.25 bits per heavy atom. The number of aryl methyl sites for hydroxylation is 1. The molecule has 0 heterocycles. The van der Waals surface area contributed by atoms with E-state index in [0.717, 1.165) is 6.92 Å². The maximum Gasteiger partial charge on any atom is 0.309 e. The summed E-state index contributed by atoms with van der Waals surface area (Å²) in [6.07, 6.45) is 0.121. The highest BCUT2D eigenvalue weighted by molar-refractivity contribution is 5.74. The van der Waals surface area contributed by atoms with Gasteiger partial charge in [0.15, 0.2) is 0 Å². The second-order valence-electron chi connectivity index (χ2n) is 5.76. The fourth-order valence-corrected chi connectivity index (χ4v) is 2.10. The Kier molecular flexibility index (Phi) is 4.42. The highest BCUT2D eigenvalue weighted by atomic mass is 19.3. The van der Waals surface area contributed by atoms with Gasteiger partial charge in [0.1, 0.15) is 5.75 Å². The smallest absolute Gasteiger partial charge is 0.309 e. The molecule has 1 N–H and O–H groups in total. The minimum Gasteiger partial charge on any atom is -0.496 e. The number of rotatable bonds is 5. The van der Waals surface area contributed by atoms with Gasteiger partial charge in [-0.25, -0.2) is 8.78 Å². The molecule has 112 valence electrons. The van der Waals surface area contributed by atoms with Gasteiger partial charge < -0.3 is 9.84 Å². The third-order valence-electron chi connectivity index (χ3n) is 3.20. The van der Waals surface area contributed by atoms with Crippen LogP contribution >= 0.6 is 0 Å². The summed E-state index contributed by atoms with van der Waals surface area (Å²) in [6.45, 7) is 5.62. The van der Waals surface area contributed by atoms with E-state index in [9.17, 15) is 18.7 Å². The number of aliphatic carboxylic acids is 1. The molecule has 0 saturated heterocycles. The van der Waals surface area contributed by atoms with Crippen LogP contribution in [0.1, 0.15) is 37.5 Å². The van der Waals surface area contributed by atoms with Gasteiger partial charge in [0.2, 0.25) is 0 Å². The summed E-state index contributed by atoms with van der Waals surface area (Å²) in [5.74, 6) is -3.96. The second-order valence-corrected chi connectivity index (χ2v) is 5.76. The van der Waals surface area contributed by atoms with E-state index >= 15 is 0 Å². The molecule has 1 aromatic rings. The molecule has 0 fully saturated rings. The zero-order valence-corrected chi connectivity index (χ0v) is 12.4. The minimum absolute atomic E-state index is 0.0671. The SMILES string of the molecule is COc1c(CC(C)(C)C(=O)O)cc(C)cc1C(C)(F)F. The Morgan fingerprint density at radius 1 is 1.30 bits per heavy atom. The van der Waals surface area contributed by atoms with Crippen molar-refractivity contribution in [2.45, 2.75) is 40.0 Å². The van der Waals surface area contributed by atoms with Crippen LogP contribution in [0.15, 0.2) is 12.1 Å². The van der Waals surface area contributed by atoms with Crippen molar-refractivity contribution < 1.29 is 23.4 Å². The predicted octanol–water partition coefficient (Wildman–Crippen LogP) is 3.77. The summed E-state index contributed by atoms with van der Waals surface area (Å²) in [5, 5.41) is 9.18. The fraction of sp³-hybridized carbons (Fsp3) is 0.533. The van der Waals surface area contributed by atoms with Crippen LogP contribution in [-0.2, 0) is 17.1 Å². The summed E-state index contributed by atoms with van der Waals surface area (Å²) >= 11 is 0. The van der Waals surface area contributed by atoms with Gasteiger partial charge >= 0.3 is 5.97 Å². The third-order valence-corrected chi connectivity index (χ3v) is 3.20. The largest absolute Gasteiger partial charge is 0.496 e. The van der Waals surface area contributed by atoms with E-state index in [1.54, 1.807) is 26.8 Å². The van der Waals surface area contributed by atoms with E-state index < -0.39 is 17.3 Å². The molecule has 0 bridgehead atoms. The van der Waals surface area contributed by atoms with Crippen molar-refractivity contribution in [1.29, 1.82) is 0 Å². The van der Waals surface area contributed by atoms with E-state index in [1.807, 2.05) is 0 Å². The molecule has 5 heteroatoms. The van der Waals surface area contributed by atoms with Crippen LogP contribution in [0.25, 0.3) is 0 Å². The van der Waals surface area contributed by atoms with E-state index in [2.05, 4.69) is 0 Å². The van der Waals surface area contributed by atoms with Crippen molar-refractivity contribution in [2.24, 2.45) is 5.41 Å². The number of carboxylic acids is 1. The van der Waals surface area contributed by atoms with Crippen molar-refractivity contribution in [3.05, 3.63) is 28.8 Å². The lowest BCUT2D eigenvalue weighted by Crippen LogP contribution is -2.27. The molecule has 0 radical (unpaired) electrons. The van der Waals surface area contributed by atoms with Crippen molar-refractivity contribution >= 4 is 5.97 Å². The summed E-state index contributed by atoms with van der Waals surface area (Å²) < 4.78 is 32.4. The van der Waals surface area contributed by atoms with Crippen LogP contribution in [0.4, 0.5) is 8.78 Å². The van der Waals surface area contributed by atoms with Crippen LogP contribution in [0.3, 0.4) is 0 Å². The van der Waals surface area contributed by atoms with Crippen LogP contribution in [0.2, 0.25) is 0 Å². The van der Waals surface area contributed by atoms with E-state index in [-0.39, 0.29) is 17.7 Å². The number of carboxylic acid groups (broad SMARTS) is 1. The number of halogens is 2. The Labute approximate surface area is 117 Å². The first kappa shape index (κ1) is 16.4. The second kappa shape index (κ2) is 5.38. The molecule has 1 rings (SSSR count). The predicted molar refractivity (Wildman–Crippen MR) is 72.4 cm³/mol. The minimum atomic E-state index is -3.04.